The first-order valence-corrected chi connectivity index (χ1v) is 9.75. The molecule has 27 heavy (non-hydrogen) atoms. The number of imide groups is 1. The van der Waals surface area contributed by atoms with Crippen LogP contribution in [0.5, 0.6) is 0 Å². The highest BCUT2D eigenvalue weighted by Crippen LogP contribution is 2.43. The van der Waals surface area contributed by atoms with Crippen LogP contribution in [0.15, 0.2) is 18.2 Å². The molecule has 6 rings (SSSR count). The van der Waals surface area contributed by atoms with Crippen LogP contribution in [0.1, 0.15) is 47.2 Å². The van der Waals surface area contributed by atoms with E-state index in [9.17, 15) is 14.4 Å². The maximum atomic E-state index is 12.7. The molecule has 142 valence electrons. The lowest BCUT2D eigenvalue weighted by atomic mass is 9.73. The third-order valence-electron chi connectivity index (χ3n) is 6.51. The van der Waals surface area contributed by atoms with Gasteiger partial charge in [-0.05, 0) is 48.9 Å². The Labute approximate surface area is 157 Å². The summed E-state index contributed by atoms with van der Waals surface area (Å²) < 4.78 is 0. The van der Waals surface area contributed by atoms with E-state index in [0.717, 1.165) is 36.7 Å². The van der Waals surface area contributed by atoms with Crippen LogP contribution in [0.4, 0.5) is 0 Å². The van der Waals surface area contributed by atoms with E-state index in [-0.39, 0.29) is 24.1 Å². The number of nitrogens with zero attached hydrogens (tertiary/aromatic N) is 1. The van der Waals surface area contributed by atoms with E-state index >= 15 is 0 Å². The second-order valence-electron chi connectivity index (χ2n) is 8.43. The van der Waals surface area contributed by atoms with Gasteiger partial charge in [-0.1, -0.05) is 12.1 Å². The van der Waals surface area contributed by atoms with Crippen molar-refractivity contribution in [2.45, 2.75) is 50.4 Å². The largest absolute Gasteiger partial charge is 0.322 e. The molecule has 0 radical (unpaired) electrons. The van der Waals surface area contributed by atoms with Crippen molar-refractivity contribution in [2.75, 3.05) is 13.1 Å². The molecule has 0 spiro atoms. The van der Waals surface area contributed by atoms with Crippen LogP contribution < -0.4 is 16.0 Å². The summed E-state index contributed by atoms with van der Waals surface area (Å²) in [6.45, 7) is 3.33. The molecule has 1 aromatic rings. The molecular weight excluding hydrogens is 344 g/mol. The highest BCUT2D eigenvalue weighted by atomic mass is 16.2. The van der Waals surface area contributed by atoms with Gasteiger partial charge in [0.15, 0.2) is 0 Å². The Kier molecular flexibility index (Phi) is 3.84. The molecule has 3 amide bonds. The Morgan fingerprint density at radius 1 is 1.22 bits per heavy atom. The van der Waals surface area contributed by atoms with Gasteiger partial charge in [-0.15, -0.1) is 0 Å². The van der Waals surface area contributed by atoms with Crippen LogP contribution in [0, 0.1) is 5.92 Å². The summed E-state index contributed by atoms with van der Waals surface area (Å²) in [6.07, 6.45) is 3.23. The molecule has 1 atom stereocenters. The summed E-state index contributed by atoms with van der Waals surface area (Å²) in [5.41, 5.74) is 3.09. The minimum absolute atomic E-state index is 0.117. The van der Waals surface area contributed by atoms with E-state index in [1.807, 2.05) is 12.1 Å². The number of piperidine rings is 1. The maximum absolute atomic E-state index is 12.7. The summed E-state index contributed by atoms with van der Waals surface area (Å²) >= 11 is 0. The summed E-state index contributed by atoms with van der Waals surface area (Å²) in [5.74, 6) is 0.129. The quantitative estimate of drug-likeness (QED) is 0.650. The topological polar surface area (TPSA) is 90.5 Å². The normalized spacial score (nSPS) is 31.7. The van der Waals surface area contributed by atoms with Gasteiger partial charge < -0.3 is 15.5 Å². The molecule has 4 aliphatic heterocycles. The molecule has 0 aromatic heterocycles. The predicted octanol–water partition coefficient (Wildman–Crippen LogP) is 0.289. The van der Waals surface area contributed by atoms with E-state index in [2.05, 4.69) is 22.0 Å². The van der Waals surface area contributed by atoms with Crippen LogP contribution in [0.2, 0.25) is 0 Å². The van der Waals surface area contributed by atoms with Crippen molar-refractivity contribution in [1.82, 2.24) is 20.9 Å². The number of carbonyl (C=O) groups is 3. The lowest BCUT2D eigenvalue weighted by Crippen LogP contribution is -2.52. The fourth-order valence-corrected chi connectivity index (χ4v) is 5.09. The van der Waals surface area contributed by atoms with Gasteiger partial charge in [0.25, 0.3) is 5.91 Å². The SMILES string of the molecule is O=C1CCC(N2Cc3cc(CNCC45CC(CN4)C5)ccc3C2=O)C(=O)N1. The van der Waals surface area contributed by atoms with Crippen molar-refractivity contribution in [3.63, 3.8) is 0 Å². The number of amides is 3. The predicted molar refractivity (Wildman–Crippen MR) is 97.7 cm³/mol. The number of fused-ring (bicyclic) bond motifs is 2. The molecule has 2 bridgehead atoms. The number of carbonyl (C=O) groups excluding carboxylic acids is 3. The number of hydrogen-bond acceptors (Lipinski definition) is 5. The maximum Gasteiger partial charge on any atom is 0.255 e. The van der Waals surface area contributed by atoms with Crippen molar-refractivity contribution in [3.8, 4) is 0 Å². The first kappa shape index (κ1) is 16.9. The average molecular weight is 368 g/mol. The fraction of sp³-hybridized carbons (Fsp3) is 0.550. The molecule has 4 fully saturated rings. The van der Waals surface area contributed by atoms with Crippen LogP contribution in [-0.2, 0) is 22.7 Å². The molecule has 3 saturated heterocycles. The van der Waals surface area contributed by atoms with Crippen LogP contribution in [0.3, 0.4) is 0 Å². The standard InChI is InChI=1S/C20H24N4O3/c25-17-4-3-16(18(26)23-17)24-10-14-5-12(1-2-15(14)19(24)27)8-21-11-20-6-13(7-20)9-22-20/h1-2,5,13,16,21-22H,3-4,6-11H2,(H,23,25,26). The summed E-state index contributed by atoms with van der Waals surface area (Å²) in [6, 6.07) is 5.37. The van der Waals surface area contributed by atoms with E-state index in [0.29, 0.717) is 24.1 Å². The monoisotopic (exact) mass is 368 g/mol. The molecule has 1 saturated carbocycles. The fourth-order valence-electron chi connectivity index (χ4n) is 5.09. The summed E-state index contributed by atoms with van der Waals surface area (Å²) in [7, 11) is 0. The third kappa shape index (κ3) is 2.85. The van der Waals surface area contributed by atoms with Gasteiger partial charge in [0.1, 0.15) is 6.04 Å². The zero-order valence-corrected chi connectivity index (χ0v) is 15.2. The Hall–Kier alpha value is -2.25. The summed E-state index contributed by atoms with van der Waals surface area (Å²) in [5, 5.41) is 9.50. The molecule has 1 aromatic carbocycles. The van der Waals surface area contributed by atoms with Gasteiger partial charge in [-0.2, -0.15) is 0 Å². The Morgan fingerprint density at radius 2 is 2.07 bits per heavy atom. The van der Waals surface area contributed by atoms with Gasteiger partial charge in [-0.3, -0.25) is 19.7 Å². The second kappa shape index (κ2) is 6.14. The smallest absolute Gasteiger partial charge is 0.255 e. The summed E-state index contributed by atoms with van der Waals surface area (Å²) in [4.78, 5) is 37.8. The Balaban J connectivity index is 1.23. The van der Waals surface area contributed by atoms with Crippen molar-refractivity contribution >= 4 is 17.7 Å². The van der Waals surface area contributed by atoms with Crippen molar-refractivity contribution in [1.29, 1.82) is 0 Å². The molecule has 1 unspecified atom stereocenters. The molecule has 1 aliphatic carbocycles. The van der Waals surface area contributed by atoms with E-state index in [4.69, 9.17) is 0 Å². The van der Waals surface area contributed by atoms with E-state index in [1.165, 1.54) is 12.8 Å². The Morgan fingerprint density at radius 3 is 2.81 bits per heavy atom. The van der Waals surface area contributed by atoms with Crippen LogP contribution in [0.25, 0.3) is 0 Å². The molecular formula is C20H24N4O3. The number of nitrogens with one attached hydrogen (secondary N) is 3. The number of benzene rings is 1. The van der Waals surface area contributed by atoms with Gasteiger partial charge >= 0.3 is 0 Å². The van der Waals surface area contributed by atoms with Gasteiger partial charge in [0.2, 0.25) is 11.8 Å². The van der Waals surface area contributed by atoms with Crippen LogP contribution in [-0.4, -0.2) is 47.3 Å². The first-order chi connectivity index (χ1) is 13.0. The number of hydrogen-bond donors (Lipinski definition) is 3. The average Bonchev–Trinajstić information content (AvgIpc) is 3.28. The molecule has 4 heterocycles. The van der Waals surface area contributed by atoms with Gasteiger partial charge in [-0.25, -0.2) is 0 Å². The molecule has 7 heteroatoms. The van der Waals surface area contributed by atoms with Crippen LogP contribution >= 0.6 is 0 Å². The van der Waals surface area contributed by atoms with Crippen molar-refractivity contribution in [3.05, 3.63) is 34.9 Å². The van der Waals surface area contributed by atoms with Crippen molar-refractivity contribution in [2.24, 2.45) is 5.92 Å². The minimum Gasteiger partial charge on any atom is -0.322 e. The zero-order valence-electron chi connectivity index (χ0n) is 15.2. The van der Waals surface area contributed by atoms with Crippen molar-refractivity contribution < 1.29 is 14.4 Å². The molecule has 5 aliphatic rings. The van der Waals surface area contributed by atoms with E-state index < -0.39 is 6.04 Å². The lowest BCUT2D eigenvalue weighted by molar-refractivity contribution is -0.136. The lowest BCUT2D eigenvalue weighted by Gasteiger charge is -2.37. The minimum atomic E-state index is -0.553. The van der Waals surface area contributed by atoms with E-state index in [1.54, 1.807) is 4.90 Å². The van der Waals surface area contributed by atoms with Gasteiger partial charge in [0.05, 0.1) is 0 Å². The van der Waals surface area contributed by atoms with Gasteiger partial charge in [0, 0.05) is 37.2 Å². The highest BCUT2D eigenvalue weighted by molar-refractivity contribution is 6.05. The Bertz CT molecular complexity index is 825. The molecule has 3 N–H and O–H groups in total. The number of rotatable bonds is 5. The first-order valence-electron chi connectivity index (χ1n) is 9.75. The second-order valence-corrected chi connectivity index (χ2v) is 8.43. The highest BCUT2D eigenvalue weighted by Gasteiger charge is 2.49. The zero-order chi connectivity index (χ0) is 18.6. The molecule has 7 nitrogen and oxygen atoms in total. The third-order valence-corrected chi connectivity index (χ3v) is 6.51.